The fourth-order valence-corrected chi connectivity index (χ4v) is 3.41. The number of hydrogen-bond donors (Lipinski definition) is 1. The first-order chi connectivity index (χ1) is 6.72. The van der Waals surface area contributed by atoms with Crippen LogP contribution in [0.3, 0.4) is 0 Å². The summed E-state index contributed by atoms with van der Waals surface area (Å²) in [5.41, 5.74) is 0. The molecule has 1 N–H and O–H groups in total. The SMILES string of the molecule is CC(C)N1CC2CCC(C1)C2CCO. The average molecular weight is 197 g/mol. The first-order valence-electron chi connectivity index (χ1n) is 6.07. The van der Waals surface area contributed by atoms with Crippen LogP contribution in [0.2, 0.25) is 0 Å². The quantitative estimate of drug-likeness (QED) is 0.745. The molecule has 1 aliphatic carbocycles. The second-order valence-electron chi connectivity index (χ2n) is 5.32. The fourth-order valence-electron chi connectivity index (χ4n) is 3.41. The molecule has 2 rings (SSSR count). The van der Waals surface area contributed by atoms with E-state index in [9.17, 15) is 0 Å². The standard InChI is InChI=1S/C12H23NO/c1-9(2)13-7-10-3-4-11(8-13)12(10)5-6-14/h9-12,14H,3-8H2,1-2H3. The zero-order valence-electron chi connectivity index (χ0n) is 9.45. The van der Waals surface area contributed by atoms with Crippen LogP contribution in [0.4, 0.5) is 0 Å². The summed E-state index contributed by atoms with van der Waals surface area (Å²) in [4.78, 5) is 2.62. The van der Waals surface area contributed by atoms with Gasteiger partial charge in [0.1, 0.15) is 0 Å². The third-order valence-corrected chi connectivity index (χ3v) is 4.25. The maximum absolute atomic E-state index is 9.04. The Labute approximate surface area is 87.3 Å². The third-order valence-electron chi connectivity index (χ3n) is 4.25. The Balaban J connectivity index is 1.97. The molecule has 0 aromatic rings. The maximum Gasteiger partial charge on any atom is 0.0433 e. The Morgan fingerprint density at radius 3 is 2.21 bits per heavy atom. The van der Waals surface area contributed by atoms with Gasteiger partial charge < -0.3 is 10.0 Å². The van der Waals surface area contributed by atoms with Crippen LogP contribution in [0, 0.1) is 17.8 Å². The molecule has 0 amide bonds. The third kappa shape index (κ3) is 1.82. The van der Waals surface area contributed by atoms with Crippen LogP contribution in [-0.4, -0.2) is 35.7 Å². The van der Waals surface area contributed by atoms with Gasteiger partial charge in [-0.05, 0) is 50.9 Å². The minimum Gasteiger partial charge on any atom is -0.396 e. The van der Waals surface area contributed by atoms with Crippen molar-refractivity contribution in [2.75, 3.05) is 19.7 Å². The fraction of sp³-hybridized carbons (Fsp3) is 1.00. The van der Waals surface area contributed by atoms with Crippen molar-refractivity contribution in [1.82, 2.24) is 4.90 Å². The lowest BCUT2D eigenvalue weighted by molar-refractivity contribution is 0.0696. The molecule has 82 valence electrons. The van der Waals surface area contributed by atoms with E-state index in [1.807, 2.05) is 0 Å². The van der Waals surface area contributed by atoms with E-state index < -0.39 is 0 Å². The van der Waals surface area contributed by atoms with Crippen molar-refractivity contribution < 1.29 is 5.11 Å². The summed E-state index contributed by atoms with van der Waals surface area (Å²) in [6, 6.07) is 0.702. The first-order valence-corrected chi connectivity index (χ1v) is 6.07. The molecule has 0 aromatic carbocycles. The molecule has 1 saturated heterocycles. The number of piperidine rings is 1. The average Bonchev–Trinajstić information content (AvgIpc) is 2.40. The number of aliphatic hydroxyl groups excluding tert-OH is 1. The van der Waals surface area contributed by atoms with E-state index in [0.717, 1.165) is 24.2 Å². The minimum absolute atomic E-state index is 0.388. The Hall–Kier alpha value is -0.0800. The Morgan fingerprint density at radius 2 is 1.79 bits per heavy atom. The van der Waals surface area contributed by atoms with Crippen molar-refractivity contribution in [3.05, 3.63) is 0 Å². The summed E-state index contributed by atoms with van der Waals surface area (Å²) in [6.07, 6.45) is 3.85. The molecule has 0 aromatic heterocycles. The van der Waals surface area contributed by atoms with Gasteiger partial charge in [-0.2, -0.15) is 0 Å². The van der Waals surface area contributed by atoms with Crippen molar-refractivity contribution in [2.45, 2.75) is 39.2 Å². The molecule has 2 nitrogen and oxygen atoms in total. The van der Waals surface area contributed by atoms with Crippen LogP contribution in [-0.2, 0) is 0 Å². The maximum atomic E-state index is 9.04. The number of likely N-dealkylation sites (tertiary alicyclic amines) is 1. The monoisotopic (exact) mass is 197 g/mol. The van der Waals surface area contributed by atoms with Crippen LogP contribution >= 0.6 is 0 Å². The highest BCUT2D eigenvalue weighted by molar-refractivity contribution is 4.93. The van der Waals surface area contributed by atoms with Gasteiger partial charge in [0.2, 0.25) is 0 Å². The summed E-state index contributed by atoms with van der Waals surface area (Å²) in [5.74, 6) is 2.58. The van der Waals surface area contributed by atoms with Gasteiger partial charge in [0.05, 0.1) is 0 Å². The largest absolute Gasteiger partial charge is 0.396 e. The summed E-state index contributed by atoms with van der Waals surface area (Å²) in [6.45, 7) is 7.54. The summed E-state index contributed by atoms with van der Waals surface area (Å²) < 4.78 is 0. The number of rotatable bonds is 3. The molecule has 2 fully saturated rings. The van der Waals surface area contributed by atoms with Crippen molar-refractivity contribution in [3.63, 3.8) is 0 Å². The Bertz CT molecular complexity index is 179. The molecular weight excluding hydrogens is 174 g/mol. The number of hydrogen-bond acceptors (Lipinski definition) is 2. The molecule has 2 heteroatoms. The lowest BCUT2D eigenvalue weighted by atomic mass is 9.82. The zero-order valence-corrected chi connectivity index (χ0v) is 9.45. The summed E-state index contributed by atoms with van der Waals surface area (Å²) in [5, 5.41) is 9.04. The normalized spacial score (nSPS) is 38.1. The molecular formula is C12H23NO. The molecule has 1 aliphatic heterocycles. The molecule has 1 saturated carbocycles. The van der Waals surface area contributed by atoms with Crippen LogP contribution in [0.25, 0.3) is 0 Å². The van der Waals surface area contributed by atoms with Crippen molar-refractivity contribution in [2.24, 2.45) is 17.8 Å². The van der Waals surface area contributed by atoms with Crippen LogP contribution in [0.15, 0.2) is 0 Å². The van der Waals surface area contributed by atoms with Gasteiger partial charge in [-0.25, -0.2) is 0 Å². The van der Waals surface area contributed by atoms with Crippen molar-refractivity contribution in [1.29, 1.82) is 0 Å². The van der Waals surface area contributed by atoms with Gasteiger partial charge in [0.15, 0.2) is 0 Å². The minimum atomic E-state index is 0.388. The van der Waals surface area contributed by atoms with Gasteiger partial charge >= 0.3 is 0 Å². The highest BCUT2D eigenvalue weighted by atomic mass is 16.3. The highest BCUT2D eigenvalue weighted by Crippen LogP contribution is 2.43. The lowest BCUT2D eigenvalue weighted by Gasteiger charge is -2.40. The second-order valence-corrected chi connectivity index (χ2v) is 5.32. The van der Waals surface area contributed by atoms with Crippen LogP contribution in [0.1, 0.15) is 33.1 Å². The molecule has 0 radical (unpaired) electrons. The van der Waals surface area contributed by atoms with Crippen molar-refractivity contribution in [3.8, 4) is 0 Å². The van der Waals surface area contributed by atoms with E-state index in [0.29, 0.717) is 12.6 Å². The van der Waals surface area contributed by atoms with Gasteiger partial charge in [-0.15, -0.1) is 0 Å². The Kier molecular flexibility index (Phi) is 3.13. The van der Waals surface area contributed by atoms with E-state index in [1.54, 1.807) is 0 Å². The molecule has 2 unspecified atom stereocenters. The van der Waals surface area contributed by atoms with Gasteiger partial charge in [0.25, 0.3) is 0 Å². The first kappa shape index (κ1) is 10.4. The van der Waals surface area contributed by atoms with Gasteiger partial charge in [-0.3, -0.25) is 0 Å². The van der Waals surface area contributed by atoms with Crippen molar-refractivity contribution >= 4 is 0 Å². The van der Waals surface area contributed by atoms with Crippen LogP contribution in [0.5, 0.6) is 0 Å². The van der Waals surface area contributed by atoms with Crippen LogP contribution < -0.4 is 0 Å². The predicted octanol–water partition coefficient (Wildman–Crippen LogP) is 1.74. The number of fused-ring (bicyclic) bond motifs is 2. The number of nitrogens with zero attached hydrogens (tertiary/aromatic N) is 1. The highest BCUT2D eigenvalue weighted by Gasteiger charge is 2.41. The van der Waals surface area contributed by atoms with E-state index in [2.05, 4.69) is 18.7 Å². The van der Waals surface area contributed by atoms with E-state index >= 15 is 0 Å². The van der Waals surface area contributed by atoms with E-state index in [1.165, 1.54) is 25.9 Å². The topological polar surface area (TPSA) is 23.5 Å². The molecule has 0 spiro atoms. The lowest BCUT2D eigenvalue weighted by Crippen LogP contribution is -2.45. The molecule has 1 heterocycles. The number of aliphatic hydroxyl groups is 1. The molecule has 2 bridgehead atoms. The zero-order chi connectivity index (χ0) is 10.1. The van der Waals surface area contributed by atoms with Gasteiger partial charge in [-0.1, -0.05) is 0 Å². The predicted molar refractivity (Wildman–Crippen MR) is 58.1 cm³/mol. The van der Waals surface area contributed by atoms with E-state index in [4.69, 9.17) is 5.11 Å². The Morgan fingerprint density at radius 1 is 1.21 bits per heavy atom. The summed E-state index contributed by atoms with van der Waals surface area (Å²) >= 11 is 0. The summed E-state index contributed by atoms with van der Waals surface area (Å²) in [7, 11) is 0. The smallest absolute Gasteiger partial charge is 0.0433 e. The molecule has 2 atom stereocenters. The molecule has 2 aliphatic rings. The van der Waals surface area contributed by atoms with E-state index in [-0.39, 0.29) is 0 Å². The second kappa shape index (κ2) is 4.19. The van der Waals surface area contributed by atoms with Gasteiger partial charge in [0, 0.05) is 25.7 Å². The molecule has 14 heavy (non-hydrogen) atoms.